The predicted octanol–water partition coefficient (Wildman–Crippen LogP) is 3.57. The van der Waals surface area contributed by atoms with Crippen LogP contribution in [0.1, 0.15) is 51.0 Å². The molecule has 0 radical (unpaired) electrons. The molecule has 2 nitrogen and oxygen atoms in total. The first-order valence-electron chi connectivity index (χ1n) is 8.74. The first kappa shape index (κ1) is 13.8. The second-order valence-corrected chi connectivity index (χ2v) is 7.82. The Balaban J connectivity index is 1.58. The molecule has 1 aromatic rings. The molecule has 1 aliphatic heterocycles. The van der Waals surface area contributed by atoms with Crippen LogP contribution in [-0.4, -0.2) is 29.1 Å². The van der Waals surface area contributed by atoms with Gasteiger partial charge in [-0.25, -0.2) is 0 Å². The Morgan fingerprint density at radius 2 is 1.86 bits per heavy atom. The summed E-state index contributed by atoms with van der Waals surface area (Å²) in [6.07, 6.45) is 8.44. The first-order valence-corrected chi connectivity index (χ1v) is 8.74. The van der Waals surface area contributed by atoms with Crippen LogP contribution in [0.5, 0.6) is 0 Å². The van der Waals surface area contributed by atoms with Gasteiger partial charge in [-0.1, -0.05) is 43.2 Å². The molecule has 2 heteroatoms. The summed E-state index contributed by atoms with van der Waals surface area (Å²) in [7, 11) is 0. The number of hydrogen-bond donors (Lipinski definition) is 1. The predicted molar refractivity (Wildman–Crippen MR) is 87.2 cm³/mol. The summed E-state index contributed by atoms with van der Waals surface area (Å²) in [6, 6.07) is 11.1. The van der Waals surface area contributed by atoms with Gasteiger partial charge in [-0.05, 0) is 44.1 Å². The van der Waals surface area contributed by atoms with Crippen molar-refractivity contribution in [1.82, 2.24) is 10.2 Å². The van der Waals surface area contributed by atoms with Gasteiger partial charge >= 0.3 is 0 Å². The SMILES string of the molecule is CC1(C2CC2)CN(Cc2ccccc2)C2(CCCC2)CN1. The highest BCUT2D eigenvalue weighted by Crippen LogP contribution is 2.46. The van der Waals surface area contributed by atoms with Gasteiger partial charge < -0.3 is 5.32 Å². The number of nitrogens with one attached hydrogen (secondary N) is 1. The van der Waals surface area contributed by atoms with Crippen molar-refractivity contribution in [2.45, 2.75) is 63.1 Å². The smallest absolute Gasteiger partial charge is 0.0338 e. The normalized spacial score (nSPS) is 32.6. The molecule has 0 amide bonds. The Bertz CT molecular complexity index is 488. The fraction of sp³-hybridized carbons (Fsp3) is 0.684. The van der Waals surface area contributed by atoms with Crippen molar-refractivity contribution in [2.75, 3.05) is 13.1 Å². The molecule has 1 saturated heterocycles. The van der Waals surface area contributed by atoms with E-state index in [4.69, 9.17) is 0 Å². The molecular formula is C19H28N2. The van der Waals surface area contributed by atoms with Crippen molar-refractivity contribution in [3.8, 4) is 0 Å². The van der Waals surface area contributed by atoms with Crippen molar-refractivity contribution in [2.24, 2.45) is 5.92 Å². The lowest BCUT2D eigenvalue weighted by Crippen LogP contribution is -2.68. The van der Waals surface area contributed by atoms with Crippen molar-refractivity contribution < 1.29 is 0 Å². The maximum atomic E-state index is 3.96. The fourth-order valence-electron chi connectivity index (χ4n) is 4.65. The van der Waals surface area contributed by atoms with Crippen molar-refractivity contribution in [3.63, 3.8) is 0 Å². The van der Waals surface area contributed by atoms with Gasteiger partial charge in [-0.3, -0.25) is 4.90 Å². The van der Waals surface area contributed by atoms with Gasteiger partial charge in [0.1, 0.15) is 0 Å². The van der Waals surface area contributed by atoms with E-state index in [0.29, 0.717) is 11.1 Å². The molecule has 2 saturated carbocycles. The molecule has 3 aliphatic rings. The van der Waals surface area contributed by atoms with E-state index in [1.165, 1.54) is 57.2 Å². The van der Waals surface area contributed by atoms with E-state index in [2.05, 4.69) is 47.5 Å². The summed E-state index contributed by atoms with van der Waals surface area (Å²) in [5.74, 6) is 0.912. The molecule has 2 aliphatic carbocycles. The highest BCUT2D eigenvalue weighted by molar-refractivity contribution is 5.17. The number of hydrogen-bond acceptors (Lipinski definition) is 2. The minimum Gasteiger partial charge on any atom is -0.308 e. The van der Waals surface area contributed by atoms with E-state index in [1.807, 2.05) is 0 Å². The molecule has 21 heavy (non-hydrogen) atoms. The summed E-state index contributed by atoms with van der Waals surface area (Å²) < 4.78 is 0. The maximum Gasteiger partial charge on any atom is 0.0338 e. The molecule has 4 rings (SSSR count). The summed E-state index contributed by atoms with van der Waals surface area (Å²) >= 11 is 0. The molecule has 1 unspecified atom stereocenters. The van der Waals surface area contributed by atoms with Crippen molar-refractivity contribution >= 4 is 0 Å². The quantitative estimate of drug-likeness (QED) is 0.913. The minimum absolute atomic E-state index is 0.350. The number of piperazine rings is 1. The highest BCUT2D eigenvalue weighted by Gasteiger charge is 2.51. The van der Waals surface area contributed by atoms with E-state index >= 15 is 0 Å². The lowest BCUT2D eigenvalue weighted by atomic mass is 9.83. The van der Waals surface area contributed by atoms with Crippen LogP contribution < -0.4 is 5.32 Å². The fourth-order valence-corrected chi connectivity index (χ4v) is 4.65. The Morgan fingerprint density at radius 1 is 1.14 bits per heavy atom. The summed E-state index contributed by atoms with van der Waals surface area (Å²) in [5, 5.41) is 3.96. The third-order valence-corrected chi connectivity index (χ3v) is 6.24. The van der Waals surface area contributed by atoms with Crippen LogP contribution in [0.15, 0.2) is 30.3 Å². The molecule has 0 aromatic heterocycles. The largest absolute Gasteiger partial charge is 0.308 e. The molecule has 1 atom stereocenters. The van der Waals surface area contributed by atoms with E-state index in [1.54, 1.807) is 0 Å². The average Bonchev–Trinajstić information content (AvgIpc) is 3.26. The van der Waals surface area contributed by atoms with Gasteiger partial charge in [-0.15, -0.1) is 0 Å². The molecule has 0 bridgehead atoms. The number of nitrogens with zero attached hydrogens (tertiary/aromatic N) is 1. The van der Waals surface area contributed by atoms with Crippen LogP contribution >= 0.6 is 0 Å². The minimum atomic E-state index is 0.350. The topological polar surface area (TPSA) is 15.3 Å². The van der Waals surface area contributed by atoms with Gasteiger partial charge in [0.05, 0.1) is 0 Å². The monoisotopic (exact) mass is 284 g/mol. The highest BCUT2D eigenvalue weighted by atomic mass is 15.3. The third kappa shape index (κ3) is 2.53. The summed E-state index contributed by atoms with van der Waals surface area (Å²) in [6.45, 7) is 6.02. The Kier molecular flexibility index (Phi) is 3.35. The lowest BCUT2D eigenvalue weighted by molar-refractivity contribution is -0.000674. The second kappa shape index (κ2) is 5.10. The van der Waals surface area contributed by atoms with Gasteiger partial charge in [0, 0.05) is 30.7 Å². The Labute approximate surface area is 128 Å². The van der Waals surface area contributed by atoms with Crippen LogP contribution in [0.2, 0.25) is 0 Å². The van der Waals surface area contributed by atoms with Crippen LogP contribution in [0, 0.1) is 5.92 Å². The van der Waals surface area contributed by atoms with Crippen LogP contribution in [0.25, 0.3) is 0 Å². The summed E-state index contributed by atoms with van der Waals surface area (Å²) in [4.78, 5) is 2.84. The van der Waals surface area contributed by atoms with E-state index in [0.717, 1.165) is 12.5 Å². The van der Waals surface area contributed by atoms with E-state index < -0.39 is 0 Å². The van der Waals surface area contributed by atoms with E-state index in [-0.39, 0.29) is 0 Å². The standard InChI is InChI=1S/C19H28N2/c1-18(17-9-10-17)15-21(13-16-7-3-2-4-8-16)19(14-20-18)11-5-6-12-19/h2-4,7-8,17,20H,5-6,9-15H2,1H3. The van der Waals surface area contributed by atoms with Crippen LogP contribution in [-0.2, 0) is 6.54 Å². The van der Waals surface area contributed by atoms with Gasteiger partial charge in [0.15, 0.2) is 0 Å². The maximum absolute atomic E-state index is 3.96. The molecule has 1 N–H and O–H groups in total. The number of rotatable bonds is 3. The van der Waals surface area contributed by atoms with Crippen molar-refractivity contribution in [3.05, 3.63) is 35.9 Å². The molecule has 1 spiro atoms. The van der Waals surface area contributed by atoms with Crippen molar-refractivity contribution in [1.29, 1.82) is 0 Å². The van der Waals surface area contributed by atoms with Crippen LogP contribution in [0.3, 0.4) is 0 Å². The lowest BCUT2D eigenvalue weighted by Gasteiger charge is -2.53. The zero-order valence-corrected chi connectivity index (χ0v) is 13.3. The second-order valence-electron chi connectivity index (χ2n) is 7.82. The zero-order chi connectivity index (χ0) is 14.3. The van der Waals surface area contributed by atoms with E-state index in [9.17, 15) is 0 Å². The van der Waals surface area contributed by atoms with Crippen LogP contribution in [0.4, 0.5) is 0 Å². The van der Waals surface area contributed by atoms with Gasteiger partial charge in [0.2, 0.25) is 0 Å². The Morgan fingerprint density at radius 3 is 2.52 bits per heavy atom. The molecular weight excluding hydrogens is 256 g/mol. The van der Waals surface area contributed by atoms with Gasteiger partial charge in [-0.2, -0.15) is 0 Å². The average molecular weight is 284 g/mol. The summed E-state index contributed by atoms with van der Waals surface area (Å²) in [5.41, 5.74) is 2.26. The Hall–Kier alpha value is -0.860. The first-order chi connectivity index (χ1) is 10.2. The number of benzene rings is 1. The zero-order valence-electron chi connectivity index (χ0n) is 13.3. The van der Waals surface area contributed by atoms with Gasteiger partial charge in [0.25, 0.3) is 0 Å². The molecule has 114 valence electrons. The molecule has 1 aromatic carbocycles. The molecule has 3 fully saturated rings. The third-order valence-electron chi connectivity index (χ3n) is 6.24. The molecule has 1 heterocycles.